The van der Waals surface area contributed by atoms with Gasteiger partial charge in [-0.2, -0.15) is 0 Å². The smallest absolute Gasteiger partial charge is 0.410 e. The van der Waals surface area contributed by atoms with Crippen molar-refractivity contribution in [2.24, 2.45) is 0 Å². The summed E-state index contributed by atoms with van der Waals surface area (Å²) in [5.74, 6) is 0. The summed E-state index contributed by atoms with van der Waals surface area (Å²) in [5.41, 5.74) is 0.688. The van der Waals surface area contributed by atoms with E-state index in [1.54, 1.807) is 11.0 Å². The fourth-order valence-electron chi connectivity index (χ4n) is 2.98. The molecular weight excluding hydrogens is 326 g/mol. The second-order valence-electron chi connectivity index (χ2n) is 6.04. The zero-order valence-corrected chi connectivity index (χ0v) is 14.1. The number of halogens is 1. The number of hydrogen-bond donors (Lipinski definition) is 1. The molecule has 0 radical (unpaired) electrons. The number of aliphatic hydroxyl groups is 1. The molecule has 0 saturated carbocycles. The van der Waals surface area contributed by atoms with Crippen LogP contribution in [-0.2, 0) is 16.9 Å². The van der Waals surface area contributed by atoms with Gasteiger partial charge in [0.05, 0.1) is 5.60 Å². The van der Waals surface area contributed by atoms with E-state index >= 15 is 0 Å². The van der Waals surface area contributed by atoms with Gasteiger partial charge in [0.25, 0.3) is 0 Å². The number of likely N-dealkylation sites (tertiary alicyclic amines) is 1. The molecule has 3 rings (SSSR count). The first-order valence-electron chi connectivity index (χ1n) is 8.01. The van der Waals surface area contributed by atoms with Gasteiger partial charge < -0.3 is 14.7 Å². The van der Waals surface area contributed by atoms with E-state index in [4.69, 9.17) is 16.3 Å². The molecule has 4 nitrogen and oxygen atoms in total. The number of ether oxygens (including phenoxy) is 1. The molecule has 1 aliphatic rings. The highest BCUT2D eigenvalue weighted by atomic mass is 35.5. The first-order chi connectivity index (χ1) is 11.6. The van der Waals surface area contributed by atoms with Crippen LogP contribution >= 0.6 is 11.6 Å². The van der Waals surface area contributed by atoms with Crippen LogP contribution in [0.3, 0.4) is 0 Å². The van der Waals surface area contributed by atoms with E-state index < -0.39 is 5.60 Å². The molecule has 0 bridgehead atoms. The van der Waals surface area contributed by atoms with Crippen molar-refractivity contribution < 1.29 is 14.6 Å². The molecular formula is C19H20ClNO3. The highest BCUT2D eigenvalue weighted by Gasteiger charge is 2.37. The summed E-state index contributed by atoms with van der Waals surface area (Å²) < 4.78 is 5.34. The Morgan fingerprint density at radius 2 is 1.71 bits per heavy atom. The molecule has 5 heteroatoms. The maximum Gasteiger partial charge on any atom is 0.410 e. The number of piperidine rings is 1. The van der Waals surface area contributed by atoms with Crippen molar-refractivity contribution in [3.63, 3.8) is 0 Å². The second-order valence-corrected chi connectivity index (χ2v) is 6.45. The molecule has 0 aromatic heterocycles. The van der Waals surface area contributed by atoms with Crippen LogP contribution in [0.4, 0.5) is 4.79 Å². The van der Waals surface area contributed by atoms with Gasteiger partial charge in [0.15, 0.2) is 0 Å². The zero-order chi connectivity index (χ0) is 17.0. The minimum absolute atomic E-state index is 0.255. The maximum absolute atomic E-state index is 12.2. The number of amides is 1. The van der Waals surface area contributed by atoms with Crippen molar-refractivity contribution >= 4 is 17.7 Å². The number of carbonyl (C=O) groups is 1. The molecule has 2 aromatic rings. The van der Waals surface area contributed by atoms with Crippen molar-refractivity contribution in [3.8, 4) is 0 Å². The number of rotatable bonds is 3. The van der Waals surface area contributed by atoms with E-state index in [2.05, 4.69) is 0 Å². The SMILES string of the molecule is O=C(OCc1ccccc1)N1CCC(O)(c2ccccc2Cl)CC1. The first kappa shape index (κ1) is 16.8. The standard InChI is InChI=1S/C19H20ClNO3/c20-17-9-5-4-8-16(17)19(23)10-12-21(13-11-19)18(22)24-14-15-6-2-1-3-7-15/h1-9,23H,10-14H2. The Bertz CT molecular complexity index is 697. The Labute approximate surface area is 146 Å². The van der Waals surface area contributed by atoms with Crippen molar-refractivity contribution in [2.75, 3.05) is 13.1 Å². The highest BCUT2D eigenvalue weighted by Crippen LogP contribution is 2.36. The van der Waals surface area contributed by atoms with E-state index in [1.165, 1.54) is 0 Å². The van der Waals surface area contributed by atoms with Crippen molar-refractivity contribution in [1.29, 1.82) is 0 Å². The first-order valence-corrected chi connectivity index (χ1v) is 8.39. The summed E-state index contributed by atoms with van der Waals surface area (Å²) >= 11 is 6.20. The summed E-state index contributed by atoms with van der Waals surface area (Å²) in [4.78, 5) is 13.8. The molecule has 0 atom stereocenters. The largest absolute Gasteiger partial charge is 0.445 e. The minimum Gasteiger partial charge on any atom is -0.445 e. The third-order valence-corrected chi connectivity index (χ3v) is 4.76. The van der Waals surface area contributed by atoms with Gasteiger partial charge in [0.2, 0.25) is 0 Å². The summed E-state index contributed by atoms with van der Waals surface area (Å²) in [5, 5.41) is 11.4. The molecule has 0 spiro atoms. The molecule has 1 N–H and O–H groups in total. The summed E-state index contributed by atoms with van der Waals surface area (Å²) in [6.07, 6.45) is 0.536. The van der Waals surface area contributed by atoms with Crippen LogP contribution in [-0.4, -0.2) is 29.2 Å². The van der Waals surface area contributed by atoms with Gasteiger partial charge in [-0.25, -0.2) is 4.79 Å². The van der Waals surface area contributed by atoms with Gasteiger partial charge in [0.1, 0.15) is 6.61 Å². The van der Waals surface area contributed by atoms with Crippen LogP contribution < -0.4 is 0 Å². The fourth-order valence-corrected chi connectivity index (χ4v) is 3.29. The quantitative estimate of drug-likeness (QED) is 0.916. The second kappa shape index (κ2) is 7.24. The number of benzene rings is 2. The molecule has 0 unspecified atom stereocenters. The van der Waals surface area contributed by atoms with Gasteiger partial charge in [-0.3, -0.25) is 0 Å². The van der Waals surface area contributed by atoms with E-state index in [0.717, 1.165) is 11.1 Å². The molecule has 1 saturated heterocycles. The van der Waals surface area contributed by atoms with Crippen LogP contribution in [0.5, 0.6) is 0 Å². The summed E-state index contributed by atoms with van der Waals surface area (Å²) in [7, 11) is 0. The Hall–Kier alpha value is -2.04. The van der Waals surface area contributed by atoms with E-state index in [9.17, 15) is 9.90 Å². The van der Waals surface area contributed by atoms with E-state index in [0.29, 0.717) is 31.0 Å². The monoisotopic (exact) mass is 345 g/mol. The third-order valence-electron chi connectivity index (χ3n) is 4.43. The average Bonchev–Trinajstić information content (AvgIpc) is 2.61. The molecule has 2 aromatic carbocycles. The van der Waals surface area contributed by atoms with Gasteiger partial charge in [-0.1, -0.05) is 60.1 Å². The average molecular weight is 346 g/mol. The van der Waals surface area contributed by atoms with Gasteiger partial charge in [0, 0.05) is 23.7 Å². The highest BCUT2D eigenvalue weighted by molar-refractivity contribution is 6.31. The van der Waals surface area contributed by atoms with Gasteiger partial charge in [-0.15, -0.1) is 0 Å². The Kier molecular flexibility index (Phi) is 5.07. The molecule has 1 heterocycles. The summed E-state index contributed by atoms with van der Waals surface area (Å²) in [6, 6.07) is 16.9. The predicted octanol–water partition coefficient (Wildman–Crippen LogP) is 3.96. The van der Waals surface area contributed by atoms with Crippen LogP contribution in [0.1, 0.15) is 24.0 Å². The topological polar surface area (TPSA) is 49.8 Å². The molecule has 126 valence electrons. The van der Waals surface area contributed by atoms with Crippen LogP contribution in [0, 0.1) is 0 Å². The van der Waals surface area contributed by atoms with Crippen LogP contribution in [0.25, 0.3) is 0 Å². The van der Waals surface area contributed by atoms with Gasteiger partial charge >= 0.3 is 6.09 Å². The fraction of sp³-hybridized carbons (Fsp3) is 0.316. The lowest BCUT2D eigenvalue weighted by Gasteiger charge is -2.38. The lowest BCUT2D eigenvalue weighted by atomic mass is 9.84. The lowest BCUT2D eigenvalue weighted by Crippen LogP contribution is -2.45. The van der Waals surface area contributed by atoms with Crippen molar-refractivity contribution in [3.05, 3.63) is 70.7 Å². The van der Waals surface area contributed by atoms with Crippen LogP contribution in [0.2, 0.25) is 5.02 Å². The maximum atomic E-state index is 12.2. The third kappa shape index (κ3) is 3.71. The zero-order valence-electron chi connectivity index (χ0n) is 13.3. The van der Waals surface area contributed by atoms with Gasteiger partial charge in [-0.05, 0) is 24.5 Å². The minimum atomic E-state index is -0.992. The summed E-state index contributed by atoms with van der Waals surface area (Å²) in [6.45, 7) is 1.13. The van der Waals surface area contributed by atoms with Crippen LogP contribution in [0.15, 0.2) is 54.6 Å². The molecule has 1 fully saturated rings. The Morgan fingerprint density at radius 3 is 2.38 bits per heavy atom. The van der Waals surface area contributed by atoms with Crippen molar-refractivity contribution in [2.45, 2.75) is 25.0 Å². The number of nitrogens with zero attached hydrogens (tertiary/aromatic N) is 1. The van der Waals surface area contributed by atoms with Crippen molar-refractivity contribution in [1.82, 2.24) is 4.90 Å². The molecule has 24 heavy (non-hydrogen) atoms. The molecule has 0 aliphatic carbocycles. The Morgan fingerprint density at radius 1 is 1.08 bits per heavy atom. The van der Waals surface area contributed by atoms with E-state index in [-0.39, 0.29) is 12.7 Å². The predicted molar refractivity (Wildman–Crippen MR) is 92.8 cm³/mol. The normalized spacial score (nSPS) is 16.7. The number of carbonyl (C=O) groups excluding carboxylic acids is 1. The molecule has 1 aliphatic heterocycles. The van der Waals surface area contributed by atoms with E-state index in [1.807, 2.05) is 48.5 Å². The Balaban J connectivity index is 1.56. The molecule has 1 amide bonds. The lowest BCUT2D eigenvalue weighted by molar-refractivity contribution is -0.0254. The number of hydrogen-bond acceptors (Lipinski definition) is 3.